The molecule has 2 aromatic heterocycles. The average Bonchev–Trinajstić information content (AvgIpc) is 3.30. The SMILES string of the molecule is COc1ccc(S(=O)(=O)c2ccc(CCC(=O)c3ccc4nccn4c3)cc2)cc1OC. The van der Waals surface area contributed by atoms with E-state index in [1.165, 1.54) is 26.4 Å². The number of methoxy groups -OCH3 is 2. The summed E-state index contributed by atoms with van der Waals surface area (Å²) >= 11 is 0. The van der Waals surface area contributed by atoms with Crippen molar-refractivity contribution in [2.75, 3.05) is 14.2 Å². The van der Waals surface area contributed by atoms with Crippen molar-refractivity contribution in [3.8, 4) is 11.5 Å². The van der Waals surface area contributed by atoms with E-state index in [1.807, 2.05) is 0 Å². The molecule has 0 spiro atoms. The molecule has 0 amide bonds. The summed E-state index contributed by atoms with van der Waals surface area (Å²) in [6, 6.07) is 14.7. The number of pyridine rings is 1. The Morgan fingerprint density at radius 2 is 1.66 bits per heavy atom. The van der Waals surface area contributed by atoms with Gasteiger partial charge in [-0.15, -0.1) is 0 Å². The predicted molar refractivity (Wildman–Crippen MR) is 119 cm³/mol. The summed E-state index contributed by atoms with van der Waals surface area (Å²) in [7, 11) is -0.766. The molecule has 0 unspecified atom stereocenters. The van der Waals surface area contributed by atoms with Gasteiger partial charge in [0, 0.05) is 36.6 Å². The van der Waals surface area contributed by atoms with Crippen molar-refractivity contribution in [1.29, 1.82) is 0 Å². The van der Waals surface area contributed by atoms with Crippen molar-refractivity contribution in [2.24, 2.45) is 0 Å². The zero-order valence-corrected chi connectivity index (χ0v) is 18.5. The van der Waals surface area contributed by atoms with Crippen LogP contribution < -0.4 is 9.47 Å². The molecule has 0 bridgehead atoms. The molecular formula is C24H22N2O5S. The number of fused-ring (bicyclic) bond motifs is 1. The number of nitrogens with zero attached hydrogens (tertiary/aromatic N) is 2. The van der Waals surface area contributed by atoms with Gasteiger partial charge in [-0.05, 0) is 48.4 Å². The Kier molecular flexibility index (Phi) is 5.96. The molecule has 2 aromatic carbocycles. The van der Waals surface area contributed by atoms with Gasteiger partial charge in [0.15, 0.2) is 17.3 Å². The van der Waals surface area contributed by atoms with Crippen molar-refractivity contribution < 1.29 is 22.7 Å². The van der Waals surface area contributed by atoms with Crippen LogP contribution in [0.4, 0.5) is 0 Å². The molecule has 0 aliphatic heterocycles. The van der Waals surface area contributed by atoms with Crippen LogP contribution in [0.3, 0.4) is 0 Å². The van der Waals surface area contributed by atoms with Crippen LogP contribution in [0.25, 0.3) is 5.65 Å². The number of ketones is 1. The molecule has 0 aliphatic rings. The van der Waals surface area contributed by atoms with Gasteiger partial charge in [-0.2, -0.15) is 0 Å². The number of imidazole rings is 1. The Bertz CT molecular complexity index is 1380. The van der Waals surface area contributed by atoms with Crippen LogP contribution in [0.2, 0.25) is 0 Å². The molecule has 4 aromatic rings. The van der Waals surface area contributed by atoms with Gasteiger partial charge in [0.05, 0.1) is 24.0 Å². The van der Waals surface area contributed by atoms with Crippen molar-refractivity contribution >= 4 is 21.3 Å². The van der Waals surface area contributed by atoms with Crippen LogP contribution in [0.1, 0.15) is 22.3 Å². The van der Waals surface area contributed by atoms with Crippen LogP contribution in [0.15, 0.2) is 83.0 Å². The molecule has 2 heterocycles. The summed E-state index contributed by atoms with van der Waals surface area (Å²) in [5.41, 5.74) is 2.28. The van der Waals surface area contributed by atoms with E-state index in [0.29, 0.717) is 29.9 Å². The second-order valence-electron chi connectivity index (χ2n) is 7.20. The topological polar surface area (TPSA) is 87.0 Å². The summed E-state index contributed by atoms with van der Waals surface area (Å²) in [5.74, 6) is 0.818. The maximum atomic E-state index is 13.0. The second-order valence-corrected chi connectivity index (χ2v) is 9.15. The van der Waals surface area contributed by atoms with E-state index in [2.05, 4.69) is 4.98 Å². The van der Waals surface area contributed by atoms with Crippen LogP contribution in [-0.4, -0.2) is 37.8 Å². The maximum Gasteiger partial charge on any atom is 0.206 e. The Balaban J connectivity index is 1.47. The molecule has 4 rings (SSSR count). The van der Waals surface area contributed by atoms with Crippen LogP contribution >= 0.6 is 0 Å². The number of carbonyl (C=O) groups excluding carboxylic acids is 1. The van der Waals surface area contributed by atoms with E-state index < -0.39 is 9.84 Å². The number of aromatic nitrogens is 2. The minimum Gasteiger partial charge on any atom is -0.493 e. The van der Waals surface area contributed by atoms with E-state index in [1.54, 1.807) is 65.5 Å². The first-order valence-electron chi connectivity index (χ1n) is 9.94. The number of carbonyl (C=O) groups is 1. The first kappa shape index (κ1) is 21.6. The molecular weight excluding hydrogens is 428 g/mol. The lowest BCUT2D eigenvalue weighted by Crippen LogP contribution is -2.04. The number of Topliss-reactive ketones (excluding diaryl/α,β-unsaturated/α-hetero) is 1. The van der Waals surface area contributed by atoms with E-state index in [0.717, 1.165) is 11.2 Å². The van der Waals surface area contributed by atoms with E-state index >= 15 is 0 Å². The van der Waals surface area contributed by atoms with Crippen LogP contribution in [0, 0.1) is 0 Å². The van der Waals surface area contributed by atoms with Gasteiger partial charge in [0.2, 0.25) is 9.84 Å². The minimum atomic E-state index is -3.71. The quantitative estimate of drug-likeness (QED) is 0.377. The molecule has 0 saturated carbocycles. The highest BCUT2D eigenvalue weighted by atomic mass is 32.2. The van der Waals surface area contributed by atoms with Crippen molar-refractivity contribution in [3.05, 3.63) is 84.3 Å². The molecule has 0 N–H and O–H groups in total. The summed E-state index contributed by atoms with van der Waals surface area (Å²) < 4.78 is 38.2. The molecule has 0 atom stereocenters. The minimum absolute atomic E-state index is 0.0163. The monoisotopic (exact) mass is 450 g/mol. The average molecular weight is 451 g/mol. The molecule has 0 fully saturated rings. The number of benzene rings is 2. The molecule has 8 heteroatoms. The third-order valence-corrected chi connectivity index (χ3v) is 7.02. The van der Waals surface area contributed by atoms with E-state index in [4.69, 9.17) is 9.47 Å². The zero-order valence-electron chi connectivity index (χ0n) is 17.7. The van der Waals surface area contributed by atoms with Crippen molar-refractivity contribution in [3.63, 3.8) is 0 Å². The highest BCUT2D eigenvalue weighted by Crippen LogP contribution is 2.32. The lowest BCUT2D eigenvalue weighted by atomic mass is 10.0. The van der Waals surface area contributed by atoms with E-state index in [-0.39, 0.29) is 15.6 Å². The predicted octanol–water partition coefficient (Wildman–Crippen LogP) is 4.00. The van der Waals surface area contributed by atoms with Gasteiger partial charge in [0.1, 0.15) is 5.65 Å². The third kappa shape index (κ3) is 4.22. The van der Waals surface area contributed by atoms with Gasteiger partial charge in [-0.3, -0.25) is 4.79 Å². The lowest BCUT2D eigenvalue weighted by molar-refractivity contribution is 0.0982. The summed E-state index contributed by atoms with van der Waals surface area (Å²) in [5, 5.41) is 0. The number of hydrogen-bond donors (Lipinski definition) is 0. The van der Waals surface area contributed by atoms with E-state index in [9.17, 15) is 13.2 Å². The fourth-order valence-corrected chi connectivity index (χ4v) is 4.72. The first-order valence-corrected chi connectivity index (χ1v) is 11.4. The molecule has 0 aliphatic carbocycles. The van der Waals surface area contributed by atoms with Gasteiger partial charge in [0.25, 0.3) is 0 Å². The number of rotatable bonds is 8. The Morgan fingerprint density at radius 1 is 0.938 bits per heavy atom. The molecule has 32 heavy (non-hydrogen) atoms. The van der Waals surface area contributed by atoms with Gasteiger partial charge < -0.3 is 13.9 Å². The lowest BCUT2D eigenvalue weighted by Gasteiger charge is -2.11. The van der Waals surface area contributed by atoms with Crippen molar-refractivity contribution in [2.45, 2.75) is 22.6 Å². The van der Waals surface area contributed by atoms with Gasteiger partial charge in [-0.1, -0.05) is 12.1 Å². The number of aryl methyl sites for hydroxylation is 1. The summed E-state index contributed by atoms with van der Waals surface area (Å²) in [6.07, 6.45) is 6.08. The Morgan fingerprint density at radius 3 is 2.38 bits per heavy atom. The number of hydrogen-bond acceptors (Lipinski definition) is 6. The molecule has 164 valence electrons. The molecule has 7 nitrogen and oxygen atoms in total. The zero-order chi connectivity index (χ0) is 22.7. The Labute approximate surface area is 186 Å². The van der Waals surface area contributed by atoms with Crippen LogP contribution in [-0.2, 0) is 16.3 Å². The highest BCUT2D eigenvalue weighted by molar-refractivity contribution is 7.91. The maximum absolute atomic E-state index is 13.0. The molecule has 0 radical (unpaired) electrons. The number of sulfone groups is 1. The smallest absolute Gasteiger partial charge is 0.206 e. The van der Waals surface area contributed by atoms with Gasteiger partial charge in [-0.25, -0.2) is 13.4 Å². The van der Waals surface area contributed by atoms with Gasteiger partial charge >= 0.3 is 0 Å². The first-order chi connectivity index (χ1) is 15.4. The fourth-order valence-electron chi connectivity index (χ4n) is 3.44. The van der Waals surface area contributed by atoms with Crippen LogP contribution in [0.5, 0.6) is 11.5 Å². The highest BCUT2D eigenvalue weighted by Gasteiger charge is 2.20. The number of ether oxygens (including phenoxy) is 2. The second kappa shape index (κ2) is 8.84. The third-order valence-electron chi connectivity index (χ3n) is 5.25. The standard InChI is InChI=1S/C24H22N2O5S/c1-30-22-11-9-20(15-23(22)31-2)32(28,29)19-7-3-17(4-8-19)5-10-21(27)18-6-12-24-25-13-14-26(24)16-18/h3-4,6-9,11-16H,5,10H2,1-2H3. The molecule has 0 saturated heterocycles. The summed E-state index contributed by atoms with van der Waals surface area (Å²) in [4.78, 5) is 17.0. The van der Waals surface area contributed by atoms with Crippen molar-refractivity contribution in [1.82, 2.24) is 9.38 Å². The Hall–Kier alpha value is -3.65. The largest absolute Gasteiger partial charge is 0.493 e. The normalized spacial score (nSPS) is 11.4. The fraction of sp³-hybridized carbons (Fsp3) is 0.167. The summed E-state index contributed by atoms with van der Waals surface area (Å²) in [6.45, 7) is 0.